The zero-order chi connectivity index (χ0) is 14.4. The predicted molar refractivity (Wildman–Crippen MR) is 82.5 cm³/mol. The average molecular weight is 270 g/mol. The third-order valence-corrected chi connectivity index (χ3v) is 4.50. The van der Waals surface area contributed by atoms with Gasteiger partial charge in [0.15, 0.2) is 0 Å². The van der Waals surface area contributed by atoms with Gasteiger partial charge in [0.2, 0.25) is 0 Å². The van der Waals surface area contributed by atoms with E-state index >= 15 is 0 Å². The van der Waals surface area contributed by atoms with Crippen molar-refractivity contribution in [1.82, 2.24) is 10.2 Å². The van der Waals surface area contributed by atoms with Crippen LogP contribution in [0.4, 0.5) is 0 Å². The Hall–Kier alpha value is -0.120. The zero-order valence-electron chi connectivity index (χ0n) is 13.8. The molecular weight excluding hydrogens is 236 g/mol. The van der Waals surface area contributed by atoms with E-state index in [1.54, 1.807) is 0 Å². The molecule has 0 aromatic rings. The van der Waals surface area contributed by atoms with E-state index in [-0.39, 0.29) is 0 Å². The smallest absolute Gasteiger partial charge is 0.0615 e. The molecule has 0 aromatic carbocycles. The Morgan fingerprint density at radius 1 is 1.26 bits per heavy atom. The van der Waals surface area contributed by atoms with Crippen molar-refractivity contribution in [3.63, 3.8) is 0 Å². The Morgan fingerprint density at radius 2 is 1.95 bits per heavy atom. The van der Waals surface area contributed by atoms with Crippen LogP contribution < -0.4 is 5.32 Å². The largest absolute Gasteiger partial charge is 0.383 e. The summed E-state index contributed by atoms with van der Waals surface area (Å²) in [6, 6.07) is 1.80. The maximum atomic E-state index is 5.37. The Labute approximate surface area is 120 Å². The van der Waals surface area contributed by atoms with Crippen molar-refractivity contribution in [2.45, 2.75) is 65.6 Å². The van der Waals surface area contributed by atoms with Crippen LogP contribution >= 0.6 is 0 Å². The summed E-state index contributed by atoms with van der Waals surface area (Å²) in [5.41, 5.74) is 0. The van der Waals surface area contributed by atoms with Crippen LogP contribution in [-0.4, -0.2) is 49.8 Å². The molecule has 1 saturated heterocycles. The lowest BCUT2D eigenvalue weighted by molar-refractivity contribution is 0.0177. The molecule has 1 N–H and O–H groups in total. The molecule has 1 heterocycles. The molecule has 1 aliphatic rings. The van der Waals surface area contributed by atoms with E-state index < -0.39 is 0 Å². The van der Waals surface area contributed by atoms with Gasteiger partial charge in [-0.25, -0.2) is 0 Å². The fraction of sp³-hybridized carbons (Fsp3) is 1.00. The third-order valence-electron chi connectivity index (χ3n) is 4.50. The highest BCUT2D eigenvalue weighted by Gasteiger charge is 2.33. The van der Waals surface area contributed by atoms with Crippen LogP contribution in [0.3, 0.4) is 0 Å². The number of ether oxygens (including phenoxy) is 1. The van der Waals surface area contributed by atoms with Gasteiger partial charge < -0.3 is 10.1 Å². The van der Waals surface area contributed by atoms with Crippen molar-refractivity contribution in [2.75, 3.05) is 26.8 Å². The minimum Gasteiger partial charge on any atom is -0.383 e. The molecule has 0 radical (unpaired) electrons. The normalized spacial score (nSPS) is 28.6. The number of nitrogens with zero attached hydrogens (tertiary/aromatic N) is 1. The zero-order valence-corrected chi connectivity index (χ0v) is 13.8. The molecule has 19 heavy (non-hydrogen) atoms. The van der Waals surface area contributed by atoms with Crippen molar-refractivity contribution in [3.8, 4) is 0 Å². The fourth-order valence-corrected chi connectivity index (χ4v) is 3.23. The van der Waals surface area contributed by atoms with Crippen molar-refractivity contribution in [3.05, 3.63) is 0 Å². The van der Waals surface area contributed by atoms with Gasteiger partial charge in [-0.15, -0.1) is 0 Å². The molecule has 4 atom stereocenters. The van der Waals surface area contributed by atoms with Crippen molar-refractivity contribution >= 4 is 0 Å². The Kier molecular flexibility index (Phi) is 7.33. The summed E-state index contributed by atoms with van der Waals surface area (Å²) in [5, 5.41) is 3.76. The SMILES string of the molecule is CCC(C)C1CNC(CC(C)C)CN1C(C)COC. The van der Waals surface area contributed by atoms with Gasteiger partial charge >= 0.3 is 0 Å². The number of nitrogens with one attached hydrogen (secondary N) is 1. The van der Waals surface area contributed by atoms with Gasteiger partial charge in [-0.05, 0) is 25.2 Å². The first-order valence-electron chi connectivity index (χ1n) is 7.97. The topological polar surface area (TPSA) is 24.5 Å². The van der Waals surface area contributed by atoms with Crippen LogP contribution in [-0.2, 0) is 4.74 Å². The van der Waals surface area contributed by atoms with E-state index in [0.717, 1.165) is 31.5 Å². The molecule has 0 bridgehead atoms. The fourth-order valence-electron chi connectivity index (χ4n) is 3.23. The molecule has 1 fully saturated rings. The molecule has 1 aliphatic heterocycles. The highest BCUT2D eigenvalue weighted by molar-refractivity contribution is 4.91. The number of rotatable bonds is 7. The summed E-state index contributed by atoms with van der Waals surface area (Å²) in [4.78, 5) is 2.68. The van der Waals surface area contributed by atoms with Crippen molar-refractivity contribution < 1.29 is 4.74 Å². The van der Waals surface area contributed by atoms with Crippen LogP contribution in [0, 0.1) is 11.8 Å². The summed E-state index contributed by atoms with van der Waals surface area (Å²) < 4.78 is 5.37. The Balaban J connectivity index is 2.68. The lowest BCUT2D eigenvalue weighted by Gasteiger charge is -2.46. The maximum absolute atomic E-state index is 5.37. The minimum atomic E-state index is 0.515. The molecule has 114 valence electrons. The van der Waals surface area contributed by atoms with Crippen LogP contribution in [0.5, 0.6) is 0 Å². The van der Waals surface area contributed by atoms with E-state index in [2.05, 4.69) is 44.8 Å². The van der Waals surface area contributed by atoms with Gasteiger partial charge in [-0.3, -0.25) is 4.90 Å². The summed E-state index contributed by atoms with van der Waals surface area (Å²) in [5.74, 6) is 1.50. The lowest BCUT2D eigenvalue weighted by atomic mass is 9.91. The molecule has 0 spiro atoms. The van der Waals surface area contributed by atoms with Gasteiger partial charge in [0.05, 0.1) is 6.61 Å². The van der Waals surface area contributed by atoms with Crippen molar-refractivity contribution in [1.29, 1.82) is 0 Å². The highest BCUT2D eigenvalue weighted by atomic mass is 16.5. The summed E-state index contributed by atoms with van der Waals surface area (Å²) in [7, 11) is 1.81. The average Bonchev–Trinajstić information content (AvgIpc) is 2.37. The van der Waals surface area contributed by atoms with Crippen LogP contribution in [0.1, 0.15) is 47.5 Å². The second-order valence-electron chi connectivity index (χ2n) is 6.69. The number of hydrogen-bond acceptors (Lipinski definition) is 3. The van der Waals surface area contributed by atoms with Gasteiger partial charge in [-0.1, -0.05) is 34.1 Å². The van der Waals surface area contributed by atoms with Gasteiger partial charge in [0.1, 0.15) is 0 Å². The maximum Gasteiger partial charge on any atom is 0.0615 e. The Bertz CT molecular complexity index is 245. The van der Waals surface area contributed by atoms with Gasteiger partial charge in [0, 0.05) is 38.3 Å². The van der Waals surface area contributed by atoms with E-state index in [9.17, 15) is 0 Å². The van der Waals surface area contributed by atoms with E-state index in [0.29, 0.717) is 18.1 Å². The molecule has 3 heteroatoms. The molecule has 3 nitrogen and oxygen atoms in total. The number of methoxy groups -OCH3 is 1. The van der Waals surface area contributed by atoms with Crippen molar-refractivity contribution in [2.24, 2.45) is 11.8 Å². The molecule has 0 saturated carbocycles. The molecule has 1 rings (SSSR count). The van der Waals surface area contributed by atoms with Gasteiger partial charge in [0.25, 0.3) is 0 Å². The van der Waals surface area contributed by atoms with E-state index in [1.165, 1.54) is 12.8 Å². The molecule has 0 aromatic heterocycles. The van der Waals surface area contributed by atoms with E-state index in [1.807, 2.05) is 7.11 Å². The lowest BCUT2D eigenvalue weighted by Crippen LogP contribution is -2.61. The second kappa shape index (κ2) is 8.23. The monoisotopic (exact) mass is 270 g/mol. The first-order valence-corrected chi connectivity index (χ1v) is 7.97. The quantitative estimate of drug-likeness (QED) is 0.770. The second-order valence-corrected chi connectivity index (χ2v) is 6.69. The van der Waals surface area contributed by atoms with E-state index in [4.69, 9.17) is 4.74 Å². The first kappa shape index (κ1) is 16.9. The van der Waals surface area contributed by atoms with Crippen LogP contribution in [0.25, 0.3) is 0 Å². The third kappa shape index (κ3) is 5.05. The number of hydrogen-bond donors (Lipinski definition) is 1. The van der Waals surface area contributed by atoms with Crippen LogP contribution in [0.15, 0.2) is 0 Å². The minimum absolute atomic E-state index is 0.515. The summed E-state index contributed by atoms with van der Waals surface area (Å²) in [6.45, 7) is 14.7. The summed E-state index contributed by atoms with van der Waals surface area (Å²) in [6.07, 6.45) is 2.51. The molecular formula is C16H34N2O. The number of piperazine rings is 1. The van der Waals surface area contributed by atoms with Gasteiger partial charge in [-0.2, -0.15) is 0 Å². The molecule has 0 aliphatic carbocycles. The van der Waals surface area contributed by atoms with Crippen LogP contribution in [0.2, 0.25) is 0 Å². The summed E-state index contributed by atoms with van der Waals surface area (Å²) >= 11 is 0. The molecule has 4 unspecified atom stereocenters. The standard InChI is InChI=1S/C16H34N2O/c1-7-13(4)16-9-17-15(8-12(2)3)10-18(16)14(5)11-19-6/h12-17H,7-11H2,1-6H3. The highest BCUT2D eigenvalue weighted by Crippen LogP contribution is 2.22. The first-order chi connectivity index (χ1) is 8.99. The Morgan fingerprint density at radius 3 is 2.47 bits per heavy atom. The predicted octanol–water partition coefficient (Wildman–Crippen LogP) is 2.76. The molecule has 0 amide bonds.